The quantitative estimate of drug-likeness (QED) is 0.463. The monoisotopic (exact) mass is 266 g/mol. The Morgan fingerprint density at radius 1 is 1.47 bits per heavy atom. The van der Waals surface area contributed by atoms with E-state index in [0.717, 1.165) is 6.42 Å². The molecule has 1 aromatic heterocycles. The van der Waals surface area contributed by atoms with Crippen LogP contribution in [0.25, 0.3) is 0 Å². The molecule has 0 bridgehead atoms. The van der Waals surface area contributed by atoms with Crippen LogP contribution in [0.1, 0.15) is 26.0 Å². The first-order valence-corrected chi connectivity index (χ1v) is 6.11. The molecule has 0 saturated heterocycles. The molecule has 104 valence electrons. The van der Waals surface area contributed by atoms with Gasteiger partial charge in [-0.15, -0.1) is 0 Å². The lowest BCUT2D eigenvalue weighted by molar-refractivity contribution is -0.387. The second kappa shape index (κ2) is 7.30. The van der Waals surface area contributed by atoms with Gasteiger partial charge in [-0.25, -0.2) is 4.98 Å². The maximum atomic E-state index is 11.0. The fourth-order valence-corrected chi connectivity index (χ4v) is 1.39. The summed E-state index contributed by atoms with van der Waals surface area (Å²) >= 11 is 0. The molecule has 0 aliphatic rings. The molecule has 0 amide bonds. The van der Waals surface area contributed by atoms with E-state index in [1.54, 1.807) is 19.1 Å². The van der Waals surface area contributed by atoms with E-state index >= 15 is 0 Å². The Morgan fingerprint density at radius 2 is 2.21 bits per heavy atom. The van der Waals surface area contributed by atoms with Gasteiger partial charge in [0.05, 0.1) is 4.92 Å². The second-order valence-corrected chi connectivity index (χ2v) is 3.85. The van der Waals surface area contributed by atoms with Gasteiger partial charge in [0, 0.05) is 6.54 Å². The zero-order valence-electron chi connectivity index (χ0n) is 11.3. The Balaban J connectivity index is 3.05. The third-order valence-electron chi connectivity index (χ3n) is 2.29. The van der Waals surface area contributed by atoms with Crippen LogP contribution in [0.15, 0.2) is 12.2 Å². The highest BCUT2D eigenvalue weighted by molar-refractivity contribution is 5.48. The van der Waals surface area contributed by atoms with E-state index in [1.807, 2.05) is 13.8 Å². The SMILES string of the molecule is C/C=C/COc1nc(NCCC)nc(C)c1[N+](=O)[O-]. The lowest BCUT2D eigenvalue weighted by Crippen LogP contribution is -2.09. The number of ether oxygens (including phenoxy) is 1. The molecule has 0 atom stereocenters. The van der Waals surface area contributed by atoms with E-state index in [2.05, 4.69) is 15.3 Å². The van der Waals surface area contributed by atoms with Gasteiger partial charge in [0.2, 0.25) is 5.95 Å². The van der Waals surface area contributed by atoms with Crippen molar-refractivity contribution in [1.82, 2.24) is 9.97 Å². The fourth-order valence-electron chi connectivity index (χ4n) is 1.39. The normalized spacial score (nSPS) is 10.7. The predicted octanol–water partition coefficient (Wildman–Crippen LogP) is 2.47. The van der Waals surface area contributed by atoms with Crippen LogP contribution in [0.3, 0.4) is 0 Å². The number of nitrogens with zero attached hydrogens (tertiary/aromatic N) is 3. The molecule has 1 rings (SSSR count). The number of rotatable bonds is 7. The highest BCUT2D eigenvalue weighted by Gasteiger charge is 2.23. The van der Waals surface area contributed by atoms with Gasteiger partial charge in [0.1, 0.15) is 12.3 Å². The molecule has 0 fully saturated rings. The van der Waals surface area contributed by atoms with Gasteiger partial charge in [-0.2, -0.15) is 4.98 Å². The van der Waals surface area contributed by atoms with Crippen molar-refractivity contribution in [2.24, 2.45) is 0 Å². The van der Waals surface area contributed by atoms with Crippen molar-refractivity contribution in [2.75, 3.05) is 18.5 Å². The van der Waals surface area contributed by atoms with Gasteiger partial charge < -0.3 is 10.1 Å². The first-order valence-electron chi connectivity index (χ1n) is 6.11. The Hall–Kier alpha value is -2.18. The first kappa shape index (κ1) is 14.9. The van der Waals surface area contributed by atoms with Gasteiger partial charge in [-0.1, -0.05) is 19.1 Å². The van der Waals surface area contributed by atoms with E-state index in [-0.39, 0.29) is 23.9 Å². The number of nitrogens with one attached hydrogen (secondary N) is 1. The maximum absolute atomic E-state index is 11.0. The van der Waals surface area contributed by atoms with E-state index in [1.165, 1.54) is 0 Å². The second-order valence-electron chi connectivity index (χ2n) is 3.85. The van der Waals surface area contributed by atoms with E-state index in [9.17, 15) is 10.1 Å². The van der Waals surface area contributed by atoms with Gasteiger partial charge in [-0.05, 0) is 20.3 Å². The summed E-state index contributed by atoms with van der Waals surface area (Å²) in [7, 11) is 0. The number of aryl methyl sites for hydroxylation is 1. The van der Waals surface area contributed by atoms with Crippen molar-refractivity contribution >= 4 is 11.6 Å². The van der Waals surface area contributed by atoms with Gasteiger partial charge in [-0.3, -0.25) is 10.1 Å². The lowest BCUT2D eigenvalue weighted by atomic mass is 10.3. The summed E-state index contributed by atoms with van der Waals surface area (Å²) < 4.78 is 5.32. The number of allylic oxidation sites excluding steroid dienone is 1. The van der Waals surface area contributed by atoms with Crippen LogP contribution in [0.4, 0.5) is 11.6 Å². The molecule has 0 aromatic carbocycles. The van der Waals surface area contributed by atoms with Gasteiger partial charge in [0.15, 0.2) is 0 Å². The Labute approximate surface area is 111 Å². The minimum atomic E-state index is -0.524. The summed E-state index contributed by atoms with van der Waals surface area (Å²) in [5, 5.41) is 14.0. The Bertz CT molecular complexity index is 474. The third kappa shape index (κ3) is 4.20. The summed E-state index contributed by atoms with van der Waals surface area (Å²) in [6, 6.07) is 0. The third-order valence-corrected chi connectivity index (χ3v) is 2.29. The molecule has 7 nitrogen and oxygen atoms in total. The molecule has 0 aliphatic heterocycles. The summed E-state index contributed by atoms with van der Waals surface area (Å²) in [4.78, 5) is 18.6. The Morgan fingerprint density at radius 3 is 2.79 bits per heavy atom. The number of hydrogen-bond acceptors (Lipinski definition) is 6. The summed E-state index contributed by atoms with van der Waals surface area (Å²) in [6.45, 7) is 6.36. The highest BCUT2D eigenvalue weighted by atomic mass is 16.6. The average Bonchev–Trinajstić information content (AvgIpc) is 2.35. The molecule has 19 heavy (non-hydrogen) atoms. The number of hydrogen-bond donors (Lipinski definition) is 1. The van der Waals surface area contributed by atoms with Crippen molar-refractivity contribution in [3.63, 3.8) is 0 Å². The molecular weight excluding hydrogens is 248 g/mol. The lowest BCUT2D eigenvalue weighted by Gasteiger charge is -2.08. The molecule has 0 radical (unpaired) electrons. The van der Waals surface area contributed by atoms with Crippen molar-refractivity contribution in [2.45, 2.75) is 27.2 Å². The topological polar surface area (TPSA) is 90.2 Å². The van der Waals surface area contributed by atoms with Gasteiger partial charge in [0.25, 0.3) is 5.88 Å². The van der Waals surface area contributed by atoms with Crippen molar-refractivity contribution in [3.8, 4) is 5.88 Å². The molecule has 1 heterocycles. The minimum absolute atomic E-state index is 0.00537. The van der Waals surface area contributed by atoms with E-state index in [4.69, 9.17) is 4.74 Å². The zero-order chi connectivity index (χ0) is 14.3. The number of anilines is 1. The van der Waals surface area contributed by atoms with Crippen molar-refractivity contribution in [1.29, 1.82) is 0 Å². The van der Waals surface area contributed by atoms with Crippen LogP contribution in [0.5, 0.6) is 5.88 Å². The molecular formula is C12H18N4O3. The van der Waals surface area contributed by atoms with Crippen molar-refractivity contribution in [3.05, 3.63) is 28.0 Å². The highest BCUT2D eigenvalue weighted by Crippen LogP contribution is 2.28. The number of nitro groups is 1. The van der Waals surface area contributed by atoms with Crippen LogP contribution in [-0.2, 0) is 0 Å². The molecule has 1 aromatic rings. The fraction of sp³-hybridized carbons (Fsp3) is 0.500. The smallest absolute Gasteiger partial charge is 0.352 e. The van der Waals surface area contributed by atoms with E-state index in [0.29, 0.717) is 12.5 Å². The van der Waals surface area contributed by atoms with Crippen LogP contribution in [0, 0.1) is 17.0 Å². The molecule has 0 aliphatic carbocycles. The molecule has 1 N–H and O–H groups in total. The predicted molar refractivity (Wildman–Crippen MR) is 72.5 cm³/mol. The molecule has 7 heteroatoms. The van der Waals surface area contributed by atoms with Crippen LogP contribution >= 0.6 is 0 Å². The van der Waals surface area contributed by atoms with Crippen LogP contribution in [0.2, 0.25) is 0 Å². The summed E-state index contributed by atoms with van der Waals surface area (Å²) in [6.07, 6.45) is 4.46. The standard InChI is InChI=1S/C12H18N4O3/c1-4-6-8-19-11-10(16(17)18)9(3)14-12(15-11)13-7-5-2/h4,6H,5,7-8H2,1-3H3,(H,13,14,15)/b6-4+. The Kier molecular flexibility index (Phi) is 5.72. The summed E-state index contributed by atoms with van der Waals surface area (Å²) in [5.41, 5.74) is 0.0978. The molecule has 0 spiro atoms. The van der Waals surface area contributed by atoms with Gasteiger partial charge >= 0.3 is 5.69 Å². The summed E-state index contributed by atoms with van der Waals surface area (Å²) in [5.74, 6) is 0.342. The average molecular weight is 266 g/mol. The molecule has 0 unspecified atom stereocenters. The zero-order valence-corrected chi connectivity index (χ0v) is 11.3. The maximum Gasteiger partial charge on any atom is 0.352 e. The minimum Gasteiger partial charge on any atom is -0.468 e. The molecule has 0 saturated carbocycles. The van der Waals surface area contributed by atoms with E-state index < -0.39 is 4.92 Å². The first-order chi connectivity index (χ1) is 9.10. The number of aromatic nitrogens is 2. The largest absolute Gasteiger partial charge is 0.468 e. The van der Waals surface area contributed by atoms with Crippen LogP contribution in [-0.4, -0.2) is 28.0 Å². The van der Waals surface area contributed by atoms with Crippen molar-refractivity contribution < 1.29 is 9.66 Å². The van der Waals surface area contributed by atoms with Crippen LogP contribution < -0.4 is 10.1 Å².